The summed E-state index contributed by atoms with van der Waals surface area (Å²) >= 11 is 7.30. The molecule has 0 aliphatic heterocycles. The molecule has 0 radical (unpaired) electrons. The molecule has 0 aromatic carbocycles. The molecule has 0 N–H and O–H groups in total. The van der Waals surface area contributed by atoms with Crippen LogP contribution in [0.5, 0.6) is 0 Å². The molecule has 0 atom stereocenters. The summed E-state index contributed by atoms with van der Waals surface area (Å²) < 4.78 is 13.0. The zero-order valence-electron chi connectivity index (χ0n) is 8.34. The monoisotopic (exact) mass is 234 g/mol. The predicted octanol–water partition coefficient (Wildman–Crippen LogP) is 3.22. The zero-order chi connectivity index (χ0) is 10.7. The van der Waals surface area contributed by atoms with Crippen molar-refractivity contribution in [3.05, 3.63) is 22.5 Å². The van der Waals surface area contributed by atoms with Gasteiger partial charge in [0.15, 0.2) is 11.0 Å². The highest BCUT2D eigenvalue weighted by Gasteiger charge is 2.09. The van der Waals surface area contributed by atoms with Crippen molar-refractivity contribution in [3.8, 4) is 0 Å². The number of halogens is 2. The van der Waals surface area contributed by atoms with Crippen LogP contribution in [0.4, 0.5) is 4.39 Å². The highest BCUT2D eigenvalue weighted by atomic mass is 35.5. The summed E-state index contributed by atoms with van der Waals surface area (Å²) in [7, 11) is 0. The number of rotatable bonds is 3. The van der Waals surface area contributed by atoms with E-state index in [4.69, 9.17) is 11.6 Å². The summed E-state index contributed by atoms with van der Waals surface area (Å²) in [4.78, 5) is 7.88. The molecular weight excluding hydrogens is 223 g/mol. The molecule has 0 aliphatic rings. The quantitative estimate of drug-likeness (QED) is 0.751. The van der Waals surface area contributed by atoms with Gasteiger partial charge in [-0.05, 0) is 12.2 Å². The van der Waals surface area contributed by atoms with Crippen LogP contribution in [-0.4, -0.2) is 15.2 Å². The smallest absolute Gasteiger partial charge is 0.181 e. The Morgan fingerprint density at radius 1 is 1.43 bits per heavy atom. The van der Waals surface area contributed by atoms with Crippen LogP contribution in [0.3, 0.4) is 0 Å². The molecular formula is C9H12ClFN2S. The first kappa shape index (κ1) is 11.7. The number of hydrogen-bond acceptors (Lipinski definition) is 3. The molecule has 0 spiro atoms. The fourth-order valence-corrected chi connectivity index (χ4v) is 1.73. The highest BCUT2D eigenvalue weighted by Crippen LogP contribution is 2.18. The van der Waals surface area contributed by atoms with Gasteiger partial charge in [-0.25, -0.2) is 14.4 Å². The lowest BCUT2D eigenvalue weighted by molar-refractivity contribution is 0.598. The molecule has 0 saturated carbocycles. The van der Waals surface area contributed by atoms with Crippen molar-refractivity contribution in [1.82, 2.24) is 9.97 Å². The van der Waals surface area contributed by atoms with Gasteiger partial charge in [-0.15, -0.1) is 0 Å². The molecule has 0 bridgehead atoms. The van der Waals surface area contributed by atoms with Gasteiger partial charge < -0.3 is 0 Å². The summed E-state index contributed by atoms with van der Waals surface area (Å²) in [6.07, 6.45) is 0. The lowest BCUT2D eigenvalue weighted by Gasteiger charge is -2.05. The molecule has 2 nitrogen and oxygen atoms in total. The van der Waals surface area contributed by atoms with Crippen LogP contribution in [0.1, 0.15) is 25.4 Å². The Balaban J connectivity index is 2.79. The van der Waals surface area contributed by atoms with Crippen molar-refractivity contribution in [2.75, 3.05) is 0 Å². The van der Waals surface area contributed by atoms with Gasteiger partial charge >= 0.3 is 0 Å². The number of thioether (sulfide) groups is 1. The molecule has 0 fully saturated rings. The average molecular weight is 235 g/mol. The van der Waals surface area contributed by atoms with Crippen LogP contribution in [0, 0.1) is 12.7 Å². The van der Waals surface area contributed by atoms with E-state index in [0.717, 1.165) is 0 Å². The lowest BCUT2D eigenvalue weighted by atomic mass is 10.4. The van der Waals surface area contributed by atoms with Crippen molar-refractivity contribution in [2.45, 2.75) is 31.8 Å². The molecule has 1 aromatic heterocycles. The maximum atomic E-state index is 13.0. The number of nitrogens with zero attached hydrogens (tertiary/aromatic N) is 2. The van der Waals surface area contributed by atoms with Gasteiger partial charge in [0.25, 0.3) is 0 Å². The van der Waals surface area contributed by atoms with Gasteiger partial charge in [0.05, 0.1) is 11.4 Å². The maximum Gasteiger partial charge on any atom is 0.181 e. The molecule has 1 rings (SSSR count). The van der Waals surface area contributed by atoms with Crippen molar-refractivity contribution in [1.29, 1.82) is 0 Å². The van der Waals surface area contributed by atoms with Gasteiger partial charge in [-0.1, -0.05) is 25.4 Å². The Morgan fingerprint density at radius 2 is 2.07 bits per heavy atom. The van der Waals surface area contributed by atoms with Crippen molar-refractivity contribution in [3.63, 3.8) is 0 Å². The van der Waals surface area contributed by atoms with Crippen molar-refractivity contribution in [2.24, 2.45) is 0 Å². The minimum absolute atomic E-state index is 0.0862. The molecule has 0 amide bonds. The Labute approximate surface area is 92.3 Å². The Hall–Kier alpha value is -0.350. The van der Waals surface area contributed by atoms with E-state index in [1.807, 2.05) is 0 Å². The lowest BCUT2D eigenvalue weighted by Crippen LogP contribution is -2.01. The first-order chi connectivity index (χ1) is 6.50. The van der Waals surface area contributed by atoms with Crippen LogP contribution in [0.15, 0.2) is 0 Å². The summed E-state index contributed by atoms with van der Waals surface area (Å²) in [5, 5.41) is 0.416. The van der Waals surface area contributed by atoms with Crippen molar-refractivity contribution >= 4 is 23.4 Å². The van der Waals surface area contributed by atoms with E-state index in [1.165, 1.54) is 0 Å². The molecule has 0 saturated heterocycles. The summed E-state index contributed by atoms with van der Waals surface area (Å²) in [6.45, 7) is 5.76. The van der Waals surface area contributed by atoms with E-state index in [9.17, 15) is 4.39 Å². The van der Waals surface area contributed by atoms with E-state index in [2.05, 4.69) is 23.8 Å². The second-order valence-corrected chi connectivity index (χ2v) is 5.11. The summed E-state index contributed by atoms with van der Waals surface area (Å²) in [6, 6.07) is 0. The SMILES string of the molecule is Cc1nc(CSC(C)C)nc(Cl)c1F. The molecule has 0 unspecified atom stereocenters. The van der Waals surface area contributed by atoms with Crippen molar-refractivity contribution < 1.29 is 4.39 Å². The van der Waals surface area contributed by atoms with Crippen LogP contribution in [-0.2, 0) is 5.75 Å². The van der Waals surface area contributed by atoms with E-state index in [1.54, 1.807) is 18.7 Å². The zero-order valence-corrected chi connectivity index (χ0v) is 9.92. The van der Waals surface area contributed by atoms with Crippen LogP contribution >= 0.6 is 23.4 Å². The fraction of sp³-hybridized carbons (Fsp3) is 0.556. The predicted molar refractivity (Wildman–Crippen MR) is 58.2 cm³/mol. The van der Waals surface area contributed by atoms with Gasteiger partial charge in [0, 0.05) is 0 Å². The number of aryl methyl sites for hydroxylation is 1. The third-order valence-electron chi connectivity index (χ3n) is 1.57. The minimum atomic E-state index is -0.523. The number of hydrogen-bond donors (Lipinski definition) is 0. The highest BCUT2D eigenvalue weighted by molar-refractivity contribution is 7.99. The van der Waals surface area contributed by atoms with E-state index in [-0.39, 0.29) is 5.15 Å². The average Bonchev–Trinajstić information content (AvgIpc) is 2.10. The van der Waals surface area contributed by atoms with Gasteiger partial charge in [-0.3, -0.25) is 0 Å². The van der Waals surface area contributed by atoms with Crippen LogP contribution in [0.2, 0.25) is 5.15 Å². The Kier molecular flexibility index (Phi) is 4.13. The Morgan fingerprint density at radius 3 is 2.57 bits per heavy atom. The third kappa shape index (κ3) is 3.10. The molecule has 14 heavy (non-hydrogen) atoms. The standard InChI is InChI=1S/C9H12ClFN2S/c1-5(2)14-4-7-12-6(3)8(11)9(10)13-7/h5H,4H2,1-3H3. The first-order valence-corrected chi connectivity index (χ1v) is 5.73. The van der Waals surface area contributed by atoms with Gasteiger partial charge in [-0.2, -0.15) is 11.8 Å². The number of aromatic nitrogens is 2. The normalized spacial score (nSPS) is 11.0. The van der Waals surface area contributed by atoms with E-state index < -0.39 is 5.82 Å². The second-order valence-electron chi connectivity index (χ2n) is 3.19. The molecule has 1 aromatic rings. The topological polar surface area (TPSA) is 25.8 Å². The van der Waals surface area contributed by atoms with E-state index >= 15 is 0 Å². The minimum Gasteiger partial charge on any atom is -0.234 e. The van der Waals surface area contributed by atoms with E-state index in [0.29, 0.717) is 22.5 Å². The maximum absolute atomic E-state index is 13.0. The summed E-state index contributed by atoms with van der Waals surface area (Å²) in [5.41, 5.74) is 0.310. The molecule has 0 aliphatic carbocycles. The summed E-state index contributed by atoms with van der Waals surface area (Å²) in [5.74, 6) is 0.732. The Bertz CT molecular complexity index is 308. The molecule has 78 valence electrons. The molecule has 1 heterocycles. The van der Waals surface area contributed by atoms with Gasteiger partial charge in [0.2, 0.25) is 0 Å². The largest absolute Gasteiger partial charge is 0.234 e. The second kappa shape index (κ2) is 4.94. The fourth-order valence-electron chi connectivity index (χ4n) is 0.885. The first-order valence-electron chi connectivity index (χ1n) is 4.31. The van der Waals surface area contributed by atoms with Crippen LogP contribution < -0.4 is 0 Å². The molecule has 5 heteroatoms. The third-order valence-corrected chi connectivity index (χ3v) is 2.91. The van der Waals surface area contributed by atoms with Gasteiger partial charge in [0.1, 0.15) is 5.82 Å². The van der Waals surface area contributed by atoms with Crippen LogP contribution in [0.25, 0.3) is 0 Å².